The summed E-state index contributed by atoms with van der Waals surface area (Å²) in [4.78, 5) is 49.5. The Kier molecular flexibility index (Phi) is 5.26. The van der Waals surface area contributed by atoms with Crippen molar-refractivity contribution >= 4 is 35.1 Å². The molecular weight excluding hydrogens is 356 g/mol. The van der Waals surface area contributed by atoms with Crippen LogP contribution in [0.3, 0.4) is 0 Å². The van der Waals surface area contributed by atoms with E-state index in [-0.39, 0.29) is 12.3 Å². The fourth-order valence-corrected chi connectivity index (χ4v) is 4.31. The molecule has 1 aliphatic heterocycles. The van der Waals surface area contributed by atoms with Gasteiger partial charge in [-0.1, -0.05) is 25.3 Å². The number of nitrogens with zero attached hydrogens (tertiary/aromatic N) is 1. The van der Waals surface area contributed by atoms with Crippen molar-refractivity contribution in [2.75, 3.05) is 0 Å². The van der Waals surface area contributed by atoms with Crippen LogP contribution in [-0.4, -0.2) is 34.3 Å². The molecule has 0 radical (unpaired) electrons. The first-order valence-corrected chi connectivity index (χ1v) is 9.56. The highest BCUT2D eigenvalue weighted by molar-refractivity contribution is 7.10. The van der Waals surface area contributed by atoms with Gasteiger partial charge in [-0.2, -0.15) is 5.01 Å². The smallest absolute Gasteiger partial charge is 0.344 e. The number of amides is 5. The summed E-state index contributed by atoms with van der Waals surface area (Å²) in [5, 5.41) is 8.10. The maximum absolute atomic E-state index is 12.7. The molecule has 9 heteroatoms. The van der Waals surface area contributed by atoms with E-state index in [0.717, 1.165) is 29.1 Å². The van der Waals surface area contributed by atoms with Crippen LogP contribution in [0.15, 0.2) is 17.5 Å². The minimum Gasteiger partial charge on any atom is -0.348 e. The Bertz CT molecular complexity index is 712. The molecule has 26 heavy (non-hydrogen) atoms. The van der Waals surface area contributed by atoms with Crippen molar-refractivity contribution in [1.82, 2.24) is 21.1 Å². The topological polar surface area (TPSA) is 108 Å². The van der Waals surface area contributed by atoms with Crippen molar-refractivity contribution in [3.63, 3.8) is 0 Å². The molecule has 1 spiro atoms. The zero-order valence-corrected chi connectivity index (χ0v) is 15.4. The molecule has 5 amide bonds. The minimum atomic E-state index is -0.882. The van der Waals surface area contributed by atoms with Crippen LogP contribution in [-0.2, 0) is 14.4 Å². The summed E-state index contributed by atoms with van der Waals surface area (Å²) in [7, 11) is 0. The molecule has 0 unspecified atom stereocenters. The van der Waals surface area contributed by atoms with Crippen molar-refractivity contribution < 1.29 is 19.2 Å². The Morgan fingerprint density at radius 3 is 2.65 bits per heavy atom. The molecule has 2 heterocycles. The highest BCUT2D eigenvalue weighted by Gasteiger charge is 2.52. The van der Waals surface area contributed by atoms with Crippen LogP contribution in [0.1, 0.15) is 56.4 Å². The second-order valence-electron chi connectivity index (χ2n) is 6.72. The van der Waals surface area contributed by atoms with Gasteiger partial charge in [-0.15, -0.1) is 11.3 Å². The lowest BCUT2D eigenvalue weighted by molar-refractivity contribution is -0.140. The third kappa shape index (κ3) is 3.72. The van der Waals surface area contributed by atoms with E-state index in [4.69, 9.17) is 0 Å². The molecule has 140 valence electrons. The Hall–Kier alpha value is -2.42. The average molecular weight is 378 g/mol. The van der Waals surface area contributed by atoms with E-state index < -0.39 is 29.4 Å². The zero-order valence-electron chi connectivity index (χ0n) is 14.5. The average Bonchev–Trinajstić information content (AvgIpc) is 3.19. The molecule has 1 atom stereocenters. The van der Waals surface area contributed by atoms with Gasteiger partial charge in [-0.3, -0.25) is 19.8 Å². The van der Waals surface area contributed by atoms with Gasteiger partial charge >= 0.3 is 6.03 Å². The fraction of sp³-hybridized carbons (Fsp3) is 0.529. The van der Waals surface area contributed by atoms with Crippen LogP contribution in [0.5, 0.6) is 0 Å². The normalized spacial score (nSPS) is 20.0. The SMILES string of the molecule is CC(=O)N[C@@H](CC(=O)NN1C(=O)NC2(CCCCC2)C1=O)c1cccs1. The predicted molar refractivity (Wildman–Crippen MR) is 94.8 cm³/mol. The molecule has 1 aromatic rings. The van der Waals surface area contributed by atoms with Crippen molar-refractivity contribution in [3.05, 3.63) is 22.4 Å². The first-order valence-electron chi connectivity index (χ1n) is 8.68. The Balaban J connectivity index is 1.66. The molecule has 1 saturated carbocycles. The van der Waals surface area contributed by atoms with Gasteiger partial charge in [0.1, 0.15) is 5.54 Å². The van der Waals surface area contributed by atoms with Gasteiger partial charge in [0.05, 0.1) is 12.5 Å². The third-order valence-electron chi connectivity index (χ3n) is 4.76. The molecule has 0 bridgehead atoms. The summed E-state index contributed by atoms with van der Waals surface area (Å²) < 4.78 is 0. The van der Waals surface area contributed by atoms with E-state index in [2.05, 4.69) is 16.1 Å². The minimum absolute atomic E-state index is 0.0653. The van der Waals surface area contributed by atoms with Gasteiger partial charge in [-0.25, -0.2) is 4.79 Å². The standard InChI is InChI=1S/C17H22N4O4S/c1-11(22)18-12(13-6-5-9-26-13)10-14(23)20-21-15(24)17(19-16(21)25)7-3-2-4-8-17/h5-6,9,12H,2-4,7-8,10H2,1H3,(H,18,22)(H,19,25)(H,20,23)/t12-/m0/s1. The van der Waals surface area contributed by atoms with Gasteiger partial charge < -0.3 is 10.6 Å². The number of carbonyl (C=O) groups is 4. The van der Waals surface area contributed by atoms with E-state index in [1.807, 2.05) is 17.5 Å². The lowest BCUT2D eigenvalue weighted by atomic mass is 9.82. The number of nitrogens with one attached hydrogen (secondary N) is 3. The quantitative estimate of drug-likeness (QED) is 0.676. The molecule has 2 aliphatic rings. The highest BCUT2D eigenvalue weighted by Crippen LogP contribution is 2.33. The number of thiophene rings is 1. The monoisotopic (exact) mass is 378 g/mol. The Morgan fingerprint density at radius 2 is 2.04 bits per heavy atom. The van der Waals surface area contributed by atoms with Gasteiger partial charge in [0.25, 0.3) is 5.91 Å². The summed E-state index contributed by atoms with van der Waals surface area (Å²) in [5.74, 6) is -1.16. The maximum atomic E-state index is 12.7. The van der Waals surface area contributed by atoms with Gasteiger partial charge in [0.15, 0.2) is 0 Å². The number of carbonyl (C=O) groups excluding carboxylic acids is 4. The molecule has 3 N–H and O–H groups in total. The molecule has 8 nitrogen and oxygen atoms in total. The first kappa shape index (κ1) is 18.4. The number of imide groups is 1. The second-order valence-corrected chi connectivity index (χ2v) is 7.70. The fourth-order valence-electron chi connectivity index (χ4n) is 3.53. The Labute approximate surface area is 155 Å². The van der Waals surface area contributed by atoms with Gasteiger partial charge in [-0.05, 0) is 24.3 Å². The molecule has 0 aromatic carbocycles. The van der Waals surface area contributed by atoms with E-state index in [9.17, 15) is 19.2 Å². The lowest BCUT2D eigenvalue weighted by Crippen LogP contribution is -2.51. The van der Waals surface area contributed by atoms with Crippen molar-refractivity contribution in [2.45, 2.75) is 57.0 Å². The third-order valence-corrected chi connectivity index (χ3v) is 5.75. The summed E-state index contributed by atoms with van der Waals surface area (Å²) in [6, 6.07) is 2.55. The molecule has 2 fully saturated rings. The van der Waals surface area contributed by atoms with Crippen molar-refractivity contribution in [1.29, 1.82) is 0 Å². The van der Waals surface area contributed by atoms with Crippen LogP contribution in [0.25, 0.3) is 0 Å². The molecule has 3 rings (SSSR count). The van der Waals surface area contributed by atoms with Crippen molar-refractivity contribution in [2.24, 2.45) is 0 Å². The number of rotatable bonds is 5. The maximum Gasteiger partial charge on any atom is 0.344 e. The number of urea groups is 1. The summed E-state index contributed by atoms with van der Waals surface area (Å²) in [6.07, 6.45) is 3.90. The number of hydrogen-bond donors (Lipinski definition) is 3. The first-order chi connectivity index (χ1) is 12.4. The molecule has 1 saturated heterocycles. The van der Waals surface area contributed by atoms with Crippen LogP contribution in [0.2, 0.25) is 0 Å². The molecule has 1 aromatic heterocycles. The van der Waals surface area contributed by atoms with Gasteiger partial charge in [0.2, 0.25) is 11.8 Å². The van der Waals surface area contributed by atoms with Gasteiger partial charge in [0, 0.05) is 11.8 Å². The lowest BCUT2D eigenvalue weighted by Gasteiger charge is -2.30. The summed E-state index contributed by atoms with van der Waals surface area (Å²) >= 11 is 1.42. The Morgan fingerprint density at radius 1 is 1.31 bits per heavy atom. The summed E-state index contributed by atoms with van der Waals surface area (Å²) in [5.41, 5.74) is 1.52. The van der Waals surface area contributed by atoms with Crippen LogP contribution >= 0.6 is 11.3 Å². The van der Waals surface area contributed by atoms with E-state index in [0.29, 0.717) is 12.8 Å². The van der Waals surface area contributed by atoms with E-state index in [1.54, 1.807) is 0 Å². The molecule has 1 aliphatic carbocycles. The molecular formula is C17H22N4O4S. The second kappa shape index (κ2) is 7.45. The van der Waals surface area contributed by atoms with Crippen LogP contribution < -0.4 is 16.1 Å². The van der Waals surface area contributed by atoms with Crippen LogP contribution in [0.4, 0.5) is 4.79 Å². The zero-order chi connectivity index (χ0) is 18.7. The highest BCUT2D eigenvalue weighted by atomic mass is 32.1. The van der Waals surface area contributed by atoms with E-state index >= 15 is 0 Å². The number of hydrazine groups is 1. The largest absolute Gasteiger partial charge is 0.348 e. The summed E-state index contributed by atoms with van der Waals surface area (Å²) in [6.45, 7) is 1.38. The van der Waals surface area contributed by atoms with E-state index in [1.165, 1.54) is 18.3 Å². The number of hydrogen-bond acceptors (Lipinski definition) is 5. The van der Waals surface area contributed by atoms with Crippen LogP contribution in [0, 0.1) is 0 Å². The van der Waals surface area contributed by atoms with Crippen molar-refractivity contribution in [3.8, 4) is 0 Å². The predicted octanol–water partition coefficient (Wildman–Crippen LogP) is 1.60.